The number of nitrogens with zero attached hydrogens (tertiary/aromatic N) is 1. The molecule has 2 rings (SSSR count). The first-order valence-corrected chi connectivity index (χ1v) is 6.95. The Bertz CT molecular complexity index is 756. The number of aliphatic carboxylic acids is 1. The minimum Gasteiger partial charge on any atom is -0.480 e. The monoisotopic (exact) mass is 298 g/mol. The number of carbonyl (C=O) groups excluding carboxylic acids is 1. The Kier molecular flexibility index (Phi) is 4.91. The van der Waals surface area contributed by atoms with Gasteiger partial charge in [-0.1, -0.05) is 36.4 Å². The second-order valence-corrected chi connectivity index (χ2v) is 4.91. The van der Waals surface area contributed by atoms with Crippen LogP contribution in [0.15, 0.2) is 54.8 Å². The second kappa shape index (κ2) is 6.87. The highest BCUT2D eigenvalue weighted by Crippen LogP contribution is 2.22. The van der Waals surface area contributed by atoms with Gasteiger partial charge in [0.25, 0.3) is 5.91 Å². The lowest BCUT2D eigenvalue weighted by atomic mass is 10.1. The van der Waals surface area contributed by atoms with Gasteiger partial charge >= 0.3 is 5.97 Å². The quantitative estimate of drug-likeness (QED) is 0.655. The number of carboxylic acid groups (broad SMARTS) is 1. The maximum absolute atomic E-state index is 12.3. The molecule has 2 aromatic rings. The van der Waals surface area contributed by atoms with Gasteiger partial charge < -0.3 is 10.8 Å². The van der Waals surface area contributed by atoms with Crippen LogP contribution in [-0.2, 0) is 11.2 Å². The summed E-state index contributed by atoms with van der Waals surface area (Å²) in [6.45, 7) is 1.87. The van der Waals surface area contributed by atoms with Crippen LogP contribution in [0.1, 0.15) is 17.3 Å². The molecule has 22 heavy (non-hydrogen) atoms. The SMILES string of the molecule is C/C=C/C=C/C(=O)n1cc(CC(N)C(=O)O)c2ccccc21. The van der Waals surface area contributed by atoms with Crippen LogP contribution in [0.3, 0.4) is 0 Å². The first-order chi connectivity index (χ1) is 10.5. The Balaban J connectivity index is 2.43. The predicted molar refractivity (Wildman–Crippen MR) is 85.8 cm³/mol. The molecule has 0 aliphatic heterocycles. The average Bonchev–Trinajstić information content (AvgIpc) is 2.86. The molecule has 0 amide bonds. The number of para-hydroxylation sites is 1. The van der Waals surface area contributed by atoms with Crippen molar-refractivity contribution >= 4 is 22.8 Å². The molecular weight excluding hydrogens is 280 g/mol. The van der Waals surface area contributed by atoms with Gasteiger partial charge in [-0.25, -0.2) is 0 Å². The zero-order valence-electron chi connectivity index (χ0n) is 12.3. The number of hydrogen-bond donors (Lipinski definition) is 2. The maximum Gasteiger partial charge on any atom is 0.320 e. The zero-order chi connectivity index (χ0) is 16.1. The first kappa shape index (κ1) is 15.7. The minimum atomic E-state index is -1.06. The summed E-state index contributed by atoms with van der Waals surface area (Å²) in [4.78, 5) is 23.2. The summed E-state index contributed by atoms with van der Waals surface area (Å²) >= 11 is 0. The van der Waals surface area contributed by atoms with Crippen molar-refractivity contribution in [3.05, 3.63) is 60.3 Å². The molecule has 0 fully saturated rings. The number of carbonyl (C=O) groups is 2. The zero-order valence-corrected chi connectivity index (χ0v) is 12.3. The number of carboxylic acids is 1. The molecule has 0 bridgehead atoms. The molecule has 0 spiro atoms. The van der Waals surface area contributed by atoms with E-state index >= 15 is 0 Å². The Hall–Kier alpha value is -2.66. The van der Waals surface area contributed by atoms with Crippen molar-refractivity contribution in [1.82, 2.24) is 4.57 Å². The Morgan fingerprint density at radius 2 is 2.05 bits per heavy atom. The molecule has 0 aliphatic carbocycles. The standard InChI is InChI=1S/C17H18N2O3/c1-2-3-4-9-16(20)19-11-12(10-14(18)17(21)22)13-7-5-6-8-15(13)19/h2-9,11,14H,10,18H2,1H3,(H,21,22)/b3-2+,9-4+. The number of allylic oxidation sites excluding steroid dienone is 4. The fourth-order valence-corrected chi connectivity index (χ4v) is 2.25. The first-order valence-electron chi connectivity index (χ1n) is 6.95. The Morgan fingerprint density at radius 1 is 1.32 bits per heavy atom. The van der Waals surface area contributed by atoms with Gasteiger partial charge in [-0.3, -0.25) is 14.2 Å². The lowest BCUT2D eigenvalue weighted by Crippen LogP contribution is -2.32. The highest BCUT2D eigenvalue weighted by Gasteiger charge is 2.17. The third-order valence-electron chi connectivity index (χ3n) is 3.33. The van der Waals surface area contributed by atoms with Gasteiger partial charge in [-0.05, 0) is 18.6 Å². The third-order valence-corrected chi connectivity index (χ3v) is 3.33. The summed E-state index contributed by atoms with van der Waals surface area (Å²) in [6, 6.07) is 6.38. The molecule has 3 N–H and O–H groups in total. The van der Waals surface area contributed by atoms with Gasteiger partial charge in [-0.2, -0.15) is 0 Å². The van der Waals surface area contributed by atoms with E-state index in [4.69, 9.17) is 10.8 Å². The molecular formula is C17H18N2O3. The Morgan fingerprint density at radius 3 is 2.73 bits per heavy atom. The molecule has 1 aromatic heterocycles. The topological polar surface area (TPSA) is 85.3 Å². The summed E-state index contributed by atoms with van der Waals surface area (Å²) in [5.74, 6) is -1.25. The molecule has 0 aliphatic rings. The minimum absolute atomic E-state index is 0.175. The van der Waals surface area contributed by atoms with Gasteiger partial charge in [0.05, 0.1) is 5.52 Å². The van der Waals surface area contributed by atoms with Crippen molar-refractivity contribution in [3.63, 3.8) is 0 Å². The van der Waals surface area contributed by atoms with E-state index < -0.39 is 12.0 Å². The van der Waals surface area contributed by atoms with Crippen LogP contribution in [0, 0.1) is 0 Å². The fraction of sp³-hybridized carbons (Fsp3) is 0.176. The van der Waals surface area contributed by atoms with Crippen LogP contribution < -0.4 is 5.73 Å². The highest BCUT2D eigenvalue weighted by molar-refractivity contribution is 5.99. The lowest BCUT2D eigenvalue weighted by Gasteiger charge is -2.04. The molecule has 1 unspecified atom stereocenters. The largest absolute Gasteiger partial charge is 0.480 e. The second-order valence-electron chi connectivity index (χ2n) is 4.91. The number of fused-ring (bicyclic) bond motifs is 1. The smallest absolute Gasteiger partial charge is 0.320 e. The number of nitrogens with two attached hydrogens (primary N) is 1. The highest BCUT2D eigenvalue weighted by atomic mass is 16.4. The van der Waals surface area contributed by atoms with Crippen LogP contribution >= 0.6 is 0 Å². The van der Waals surface area contributed by atoms with E-state index in [0.29, 0.717) is 0 Å². The molecule has 0 radical (unpaired) electrons. The maximum atomic E-state index is 12.3. The van der Waals surface area contributed by atoms with Gasteiger partial charge in [0.2, 0.25) is 0 Å². The van der Waals surface area contributed by atoms with Crippen molar-refractivity contribution < 1.29 is 14.7 Å². The summed E-state index contributed by atoms with van der Waals surface area (Å²) in [7, 11) is 0. The van der Waals surface area contributed by atoms with E-state index in [-0.39, 0.29) is 12.3 Å². The molecule has 1 heterocycles. The number of benzene rings is 1. The van der Waals surface area contributed by atoms with Crippen LogP contribution in [-0.4, -0.2) is 27.6 Å². The van der Waals surface area contributed by atoms with E-state index in [1.54, 1.807) is 18.3 Å². The number of hydrogen-bond acceptors (Lipinski definition) is 3. The van der Waals surface area contributed by atoms with Gasteiger partial charge in [0.15, 0.2) is 0 Å². The molecule has 5 nitrogen and oxygen atoms in total. The predicted octanol–water partition coefficient (Wildman–Crippen LogP) is 2.37. The lowest BCUT2D eigenvalue weighted by molar-refractivity contribution is -0.138. The van der Waals surface area contributed by atoms with Crippen molar-refractivity contribution in [3.8, 4) is 0 Å². The van der Waals surface area contributed by atoms with E-state index in [1.165, 1.54) is 10.6 Å². The van der Waals surface area contributed by atoms with Crippen LogP contribution in [0.25, 0.3) is 10.9 Å². The molecule has 1 aromatic carbocycles. The van der Waals surface area contributed by atoms with Crippen LogP contribution in [0.5, 0.6) is 0 Å². The van der Waals surface area contributed by atoms with E-state index in [2.05, 4.69) is 0 Å². The molecule has 114 valence electrons. The third kappa shape index (κ3) is 3.32. The van der Waals surface area contributed by atoms with Crippen molar-refractivity contribution in [2.45, 2.75) is 19.4 Å². The summed E-state index contributed by atoms with van der Waals surface area (Å²) in [6.07, 6.45) is 8.57. The normalized spacial score (nSPS) is 13.2. The van der Waals surface area contributed by atoms with Gasteiger partial charge in [0.1, 0.15) is 6.04 Å². The van der Waals surface area contributed by atoms with Gasteiger partial charge in [-0.15, -0.1) is 0 Å². The van der Waals surface area contributed by atoms with E-state index in [0.717, 1.165) is 16.5 Å². The Labute approximate surface area is 128 Å². The molecule has 5 heteroatoms. The van der Waals surface area contributed by atoms with Crippen LogP contribution in [0.2, 0.25) is 0 Å². The summed E-state index contributed by atoms with van der Waals surface area (Å²) in [5, 5.41) is 9.80. The summed E-state index contributed by atoms with van der Waals surface area (Å²) < 4.78 is 1.51. The van der Waals surface area contributed by atoms with E-state index in [9.17, 15) is 9.59 Å². The van der Waals surface area contributed by atoms with Crippen molar-refractivity contribution in [2.24, 2.45) is 5.73 Å². The number of rotatable bonds is 5. The van der Waals surface area contributed by atoms with Crippen molar-refractivity contribution in [2.75, 3.05) is 0 Å². The van der Waals surface area contributed by atoms with Crippen molar-refractivity contribution in [1.29, 1.82) is 0 Å². The molecule has 0 saturated carbocycles. The van der Waals surface area contributed by atoms with E-state index in [1.807, 2.05) is 37.3 Å². The number of aromatic nitrogens is 1. The molecule has 0 saturated heterocycles. The molecule has 1 atom stereocenters. The van der Waals surface area contributed by atoms with Gasteiger partial charge in [0, 0.05) is 24.1 Å². The fourth-order valence-electron chi connectivity index (χ4n) is 2.25. The van der Waals surface area contributed by atoms with Crippen LogP contribution in [0.4, 0.5) is 0 Å². The summed E-state index contributed by atoms with van der Waals surface area (Å²) in [5.41, 5.74) is 7.10. The average molecular weight is 298 g/mol.